The summed E-state index contributed by atoms with van der Waals surface area (Å²) in [6, 6.07) is 4.20. The summed E-state index contributed by atoms with van der Waals surface area (Å²) in [5.41, 5.74) is 5.77. The molecule has 1 unspecified atom stereocenters. The maximum atomic E-state index is 5.90. The van der Waals surface area contributed by atoms with E-state index in [1.54, 1.807) is 18.4 Å². The van der Waals surface area contributed by atoms with Gasteiger partial charge in [-0.25, -0.2) is 0 Å². The second-order valence-corrected chi connectivity index (χ2v) is 5.41. The fourth-order valence-electron chi connectivity index (χ4n) is 1.72. The highest BCUT2D eigenvalue weighted by Gasteiger charge is 2.31. The lowest BCUT2D eigenvalue weighted by Gasteiger charge is -2.37. The van der Waals surface area contributed by atoms with Gasteiger partial charge in [0.05, 0.1) is 12.1 Å². The van der Waals surface area contributed by atoms with Crippen molar-refractivity contribution in [3.05, 3.63) is 22.4 Å². The van der Waals surface area contributed by atoms with Crippen LogP contribution in [0.4, 0.5) is 0 Å². The van der Waals surface area contributed by atoms with Crippen molar-refractivity contribution >= 4 is 11.3 Å². The molecule has 0 aliphatic heterocycles. The van der Waals surface area contributed by atoms with Gasteiger partial charge in [0.1, 0.15) is 0 Å². The molecule has 1 rings (SSSR count). The first kappa shape index (κ1) is 13.6. The van der Waals surface area contributed by atoms with Crippen molar-refractivity contribution in [1.29, 1.82) is 0 Å². The minimum atomic E-state index is -0.126. The normalized spacial score (nSPS) is 15.3. The molecule has 0 aliphatic rings. The second kappa shape index (κ2) is 6.35. The average molecular weight is 242 g/mol. The number of nitrogens with one attached hydrogen (secondary N) is 1. The van der Waals surface area contributed by atoms with Crippen molar-refractivity contribution in [2.24, 2.45) is 11.7 Å². The second-order valence-electron chi connectivity index (χ2n) is 4.38. The SMILES string of the molecule is COCC(CN)(NCc1cccs1)C(C)C. The van der Waals surface area contributed by atoms with Crippen molar-refractivity contribution in [3.8, 4) is 0 Å². The van der Waals surface area contributed by atoms with Gasteiger partial charge >= 0.3 is 0 Å². The largest absolute Gasteiger partial charge is 0.383 e. The predicted octanol–water partition coefficient (Wildman–Crippen LogP) is 1.84. The highest BCUT2D eigenvalue weighted by atomic mass is 32.1. The van der Waals surface area contributed by atoms with Crippen LogP contribution in [0.2, 0.25) is 0 Å². The minimum Gasteiger partial charge on any atom is -0.383 e. The van der Waals surface area contributed by atoms with Gasteiger partial charge in [-0.1, -0.05) is 19.9 Å². The molecular weight excluding hydrogens is 220 g/mol. The first-order valence-corrected chi connectivity index (χ1v) is 6.49. The fourth-order valence-corrected chi connectivity index (χ4v) is 2.37. The maximum absolute atomic E-state index is 5.90. The van der Waals surface area contributed by atoms with Crippen LogP contribution in [0.25, 0.3) is 0 Å². The summed E-state index contributed by atoms with van der Waals surface area (Å²) in [5.74, 6) is 0.442. The Morgan fingerprint density at radius 2 is 2.31 bits per heavy atom. The molecule has 4 heteroatoms. The van der Waals surface area contributed by atoms with E-state index in [2.05, 4.69) is 36.7 Å². The first-order valence-electron chi connectivity index (χ1n) is 5.61. The highest BCUT2D eigenvalue weighted by molar-refractivity contribution is 7.09. The number of hydrogen-bond donors (Lipinski definition) is 2. The monoisotopic (exact) mass is 242 g/mol. The average Bonchev–Trinajstić information content (AvgIpc) is 2.76. The van der Waals surface area contributed by atoms with Crippen LogP contribution in [0.15, 0.2) is 17.5 Å². The van der Waals surface area contributed by atoms with Crippen LogP contribution in [0, 0.1) is 5.92 Å². The molecule has 1 aromatic rings. The predicted molar refractivity (Wildman–Crippen MR) is 69.7 cm³/mol. The number of nitrogens with two attached hydrogens (primary N) is 1. The molecule has 0 spiro atoms. The Morgan fingerprint density at radius 3 is 2.75 bits per heavy atom. The van der Waals surface area contributed by atoms with Crippen molar-refractivity contribution in [3.63, 3.8) is 0 Å². The van der Waals surface area contributed by atoms with E-state index in [4.69, 9.17) is 10.5 Å². The van der Waals surface area contributed by atoms with E-state index in [1.807, 2.05) is 0 Å². The topological polar surface area (TPSA) is 47.3 Å². The van der Waals surface area contributed by atoms with Crippen LogP contribution in [-0.2, 0) is 11.3 Å². The van der Waals surface area contributed by atoms with Crippen LogP contribution in [0.3, 0.4) is 0 Å². The highest BCUT2D eigenvalue weighted by Crippen LogP contribution is 2.18. The summed E-state index contributed by atoms with van der Waals surface area (Å²) in [6.07, 6.45) is 0. The van der Waals surface area contributed by atoms with Crippen LogP contribution in [-0.4, -0.2) is 25.8 Å². The van der Waals surface area contributed by atoms with Gasteiger partial charge in [-0.3, -0.25) is 0 Å². The summed E-state index contributed by atoms with van der Waals surface area (Å²) in [4.78, 5) is 1.33. The van der Waals surface area contributed by atoms with Gasteiger partial charge < -0.3 is 15.8 Å². The van der Waals surface area contributed by atoms with Gasteiger partial charge in [0.15, 0.2) is 0 Å². The van der Waals surface area contributed by atoms with Gasteiger partial charge in [0.2, 0.25) is 0 Å². The van der Waals surface area contributed by atoms with Gasteiger partial charge in [0, 0.05) is 25.1 Å². The van der Waals surface area contributed by atoms with E-state index in [9.17, 15) is 0 Å². The number of ether oxygens (including phenoxy) is 1. The number of methoxy groups -OCH3 is 1. The van der Waals surface area contributed by atoms with E-state index < -0.39 is 0 Å². The lowest BCUT2D eigenvalue weighted by atomic mass is 9.87. The van der Waals surface area contributed by atoms with Crippen LogP contribution < -0.4 is 11.1 Å². The van der Waals surface area contributed by atoms with Gasteiger partial charge in [-0.15, -0.1) is 11.3 Å². The molecule has 0 aliphatic carbocycles. The third-order valence-corrected chi connectivity index (χ3v) is 3.94. The van der Waals surface area contributed by atoms with Crippen molar-refractivity contribution in [2.45, 2.75) is 25.9 Å². The Labute approximate surface area is 102 Å². The molecule has 3 nitrogen and oxygen atoms in total. The molecule has 0 fully saturated rings. The number of thiophene rings is 1. The third kappa shape index (κ3) is 3.28. The zero-order valence-corrected chi connectivity index (χ0v) is 11.1. The van der Waals surface area contributed by atoms with Gasteiger partial charge in [0.25, 0.3) is 0 Å². The summed E-state index contributed by atoms with van der Waals surface area (Å²) in [7, 11) is 1.72. The lowest BCUT2D eigenvalue weighted by molar-refractivity contribution is 0.0820. The van der Waals surface area contributed by atoms with Gasteiger partial charge in [-0.05, 0) is 17.4 Å². The zero-order chi connectivity index (χ0) is 12.0. The smallest absolute Gasteiger partial charge is 0.0659 e. The lowest BCUT2D eigenvalue weighted by Crippen LogP contribution is -2.57. The van der Waals surface area contributed by atoms with Crippen LogP contribution in [0.1, 0.15) is 18.7 Å². The Bertz CT molecular complexity index is 287. The zero-order valence-electron chi connectivity index (χ0n) is 10.3. The molecule has 1 heterocycles. The quantitative estimate of drug-likeness (QED) is 0.767. The Balaban J connectivity index is 2.62. The van der Waals surface area contributed by atoms with E-state index in [0.29, 0.717) is 19.1 Å². The molecule has 1 aromatic heterocycles. The number of rotatable bonds is 7. The van der Waals surface area contributed by atoms with E-state index >= 15 is 0 Å². The summed E-state index contributed by atoms with van der Waals surface area (Å²) >= 11 is 1.76. The molecule has 16 heavy (non-hydrogen) atoms. The van der Waals surface area contributed by atoms with Crippen LogP contribution in [0.5, 0.6) is 0 Å². The molecule has 0 saturated carbocycles. The first-order chi connectivity index (χ1) is 7.64. The molecule has 92 valence electrons. The van der Waals surface area contributed by atoms with E-state index in [0.717, 1.165) is 6.54 Å². The molecule has 0 amide bonds. The summed E-state index contributed by atoms with van der Waals surface area (Å²) in [5, 5.41) is 5.64. The molecule has 0 radical (unpaired) electrons. The minimum absolute atomic E-state index is 0.126. The van der Waals surface area contributed by atoms with Crippen LogP contribution >= 0.6 is 11.3 Å². The Hall–Kier alpha value is -0.420. The molecule has 0 aromatic carbocycles. The summed E-state index contributed by atoms with van der Waals surface area (Å²) < 4.78 is 5.29. The fraction of sp³-hybridized carbons (Fsp3) is 0.667. The van der Waals surface area contributed by atoms with Gasteiger partial charge in [-0.2, -0.15) is 0 Å². The molecule has 3 N–H and O–H groups in total. The maximum Gasteiger partial charge on any atom is 0.0659 e. The molecule has 0 bridgehead atoms. The molecule has 0 saturated heterocycles. The van der Waals surface area contributed by atoms with E-state index in [1.165, 1.54) is 4.88 Å². The third-order valence-electron chi connectivity index (χ3n) is 3.07. The molecule has 1 atom stereocenters. The summed E-state index contributed by atoms with van der Waals surface area (Å²) in [6.45, 7) is 6.44. The Kier molecular flexibility index (Phi) is 5.41. The standard InChI is InChI=1S/C12H22N2OS/c1-10(2)12(8-13,9-15-3)14-7-11-5-4-6-16-11/h4-6,10,14H,7-9,13H2,1-3H3. The molecular formula is C12H22N2OS. The van der Waals surface area contributed by atoms with Crippen molar-refractivity contribution < 1.29 is 4.74 Å². The van der Waals surface area contributed by atoms with E-state index in [-0.39, 0.29) is 5.54 Å². The van der Waals surface area contributed by atoms with Crippen molar-refractivity contribution in [1.82, 2.24) is 5.32 Å². The van der Waals surface area contributed by atoms with Crippen molar-refractivity contribution in [2.75, 3.05) is 20.3 Å². The Morgan fingerprint density at radius 1 is 1.56 bits per heavy atom. The number of hydrogen-bond acceptors (Lipinski definition) is 4.